The van der Waals surface area contributed by atoms with Gasteiger partial charge in [0.05, 0.1) is 29.1 Å². The lowest BCUT2D eigenvalue weighted by molar-refractivity contribution is -0.00614. The molecule has 1 aliphatic carbocycles. The number of aryl methyl sites for hydroxylation is 2. The normalized spacial score (nSPS) is 23.8. The van der Waals surface area contributed by atoms with Crippen LogP contribution < -0.4 is 5.32 Å². The zero-order valence-corrected chi connectivity index (χ0v) is 12.8. The quantitative estimate of drug-likeness (QED) is 0.904. The monoisotopic (exact) mass is 285 g/mol. The fraction of sp³-hybridized carbons (Fsp3) is 0.786. The summed E-state index contributed by atoms with van der Waals surface area (Å²) >= 11 is 6.34. The number of likely N-dealkylation sites (N-methyl/N-ethyl adjacent to an activating group) is 1. The Morgan fingerprint density at radius 2 is 2.16 bits per heavy atom. The topological polar surface area (TPSA) is 39.1 Å². The molecule has 1 N–H and O–H groups in total. The Morgan fingerprint density at radius 1 is 1.42 bits per heavy atom. The lowest BCUT2D eigenvalue weighted by atomic mass is 9.92. The number of ether oxygens (including phenoxy) is 1. The molecule has 2 atom stereocenters. The minimum Gasteiger partial charge on any atom is -0.370 e. The van der Waals surface area contributed by atoms with Crippen molar-refractivity contribution >= 4 is 11.6 Å². The van der Waals surface area contributed by atoms with Gasteiger partial charge in [-0.2, -0.15) is 5.10 Å². The molecule has 0 aromatic carbocycles. The van der Waals surface area contributed by atoms with Crippen LogP contribution in [-0.4, -0.2) is 29.0 Å². The minimum atomic E-state index is 0.287. The van der Waals surface area contributed by atoms with E-state index in [1.54, 1.807) is 0 Å². The summed E-state index contributed by atoms with van der Waals surface area (Å²) in [6, 6.07) is 0.464. The Bertz CT molecular complexity index is 419. The Kier molecular flexibility index (Phi) is 5.25. The molecule has 1 fully saturated rings. The van der Waals surface area contributed by atoms with Gasteiger partial charge in [0.15, 0.2) is 0 Å². The SMILES string of the molecule is CCc1nn(C)c(COC2CCCCC2NC)c1Cl. The maximum absolute atomic E-state index is 6.34. The predicted molar refractivity (Wildman–Crippen MR) is 77.5 cm³/mol. The third-order valence-electron chi connectivity index (χ3n) is 4.01. The van der Waals surface area contributed by atoms with Crippen molar-refractivity contribution < 1.29 is 4.74 Å². The Labute approximate surface area is 120 Å². The molecule has 1 aliphatic rings. The molecule has 1 heterocycles. The van der Waals surface area contributed by atoms with Crippen LogP contribution in [0, 0.1) is 0 Å². The van der Waals surface area contributed by atoms with Gasteiger partial charge < -0.3 is 10.1 Å². The number of hydrogen-bond donors (Lipinski definition) is 1. The summed E-state index contributed by atoms with van der Waals surface area (Å²) in [4.78, 5) is 0. The van der Waals surface area contributed by atoms with Crippen molar-refractivity contribution in [2.75, 3.05) is 7.05 Å². The van der Waals surface area contributed by atoms with Gasteiger partial charge >= 0.3 is 0 Å². The molecule has 2 unspecified atom stereocenters. The second-order valence-corrected chi connectivity index (χ2v) is 5.59. The molecule has 108 valence electrons. The Balaban J connectivity index is 1.99. The highest BCUT2D eigenvalue weighted by Crippen LogP contribution is 2.25. The maximum atomic E-state index is 6.34. The third-order valence-corrected chi connectivity index (χ3v) is 4.45. The van der Waals surface area contributed by atoms with Crippen molar-refractivity contribution in [2.45, 2.75) is 57.8 Å². The summed E-state index contributed by atoms with van der Waals surface area (Å²) < 4.78 is 7.93. The van der Waals surface area contributed by atoms with E-state index in [-0.39, 0.29) is 6.10 Å². The molecule has 1 saturated carbocycles. The molecule has 0 saturated heterocycles. The molecule has 19 heavy (non-hydrogen) atoms. The fourth-order valence-corrected chi connectivity index (χ4v) is 3.14. The molecule has 4 nitrogen and oxygen atoms in total. The van der Waals surface area contributed by atoms with Gasteiger partial charge in [-0.25, -0.2) is 0 Å². The van der Waals surface area contributed by atoms with Crippen LogP contribution in [0.25, 0.3) is 0 Å². The van der Waals surface area contributed by atoms with Crippen LogP contribution in [-0.2, 0) is 24.8 Å². The van der Waals surface area contributed by atoms with E-state index in [2.05, 4.69) is 17.3 Å². The minimum absolute atomic E-state index is 0.287. The lowest BCUT2D eigenvalue weighted by Gasteiger charge is -2.31. The van der Waals surface area contributed by atoms with E-state index in [0.29, 0.717) is 12.6 Å². The van der Waals surface area contributed by atoms with Gasteiger partial charge in [-0.15, -0.1) is 0 Å². The molecule has 0 aliphatic heterocycles. The molecule has 1 aromatic heterocycles. The van der Waals surface area contributed by atoms with E-state index in [1.165, 1.54) is 19.3 Å². The number of hydrogen-bond acceptors (Lipinski definition) is 3. The highest BCUT2D eigenvalue weighted by atomic mass is 35.5. The van der Waals surface area contributed by atoms with E-state index >= 15 is 0 Å². The predicted octanol–water partition coefficient (Wildman–Crippen LogP) is 2.68. The average molecular weight is 286 g/mol. The molecule has 2 rings (SSSR count). The molecular weight excluding hydrogens is 262 g/mol. The summed E-state index contributed by atoms with van der Waals surface area (Å²) in [6.45, 7) is 2.61. The zero-order valence-electron chi connectivity index (χ0n) is 12.1. The van der Waals surface area contributed by atoms with Gasteiger partial charge in [0.25, 0.3) is 0 Å². The molecule has 0 radical (unpaired) electrons. The van der Waals surface area contributed by atoms with Crippen LogP contribution >= 0.6 is 11.6 Å². The lowest BCUT2D eigenvalue weighted by Crippen LogP contribution is -2.41. The Morgan fingerprint density at radius 3 is 2.79 bits per heavy atom. The van der Waals surface area contributed by atoms with E-state index in [9.17, 15) is 0 Å². The molecule has 0 amide bonds. The third kappa shape index (κ3) is 3.30. The molecule has 0 spiro atoms. The van der Waals surface area contributed by atoms with Crippen LogP contribution in [0.15, 0.2) is 0 Å². The Hall–Kier alpha value is -0.580. The summed E-state index contributed by atoms with van der Waals surface area (Å²) in [6.07, 6.45) is 6.01. The maximum Gasteiger partial charge on any atom is 0.0904 e. The van der Waals surface area contributed by atoms with Gasteiger partial charge in [-0.1, -0.05) is 31.4 Å². The summed E-state index contributed by atoms with van der Waals surface area (Å²) in [5.41, 5.74) is 1.94. The molecule has 5 heteroatoms. The van der Waals surface area contributed by atoms with Crippen LogP contribution in [0.1, 0.15) is 44.0 Å². The first-order valence-electron chi connectivity index (χ1n) is 7.16. The first-order valence-corrected chi connectivity index (χ1v) is 7.54. The van der Waals surface area contributed by atoms with Crippen molar-refractivity contribution in [1.82, 2.24) is 15.1 Å². The van der Waals surface area contributed by atoms with Crippen LogP contribution in [0.5, 0.6) is 0 Å². The number of nitrogens with zero attached hydrogens (tertiary/aromatic N) is 2. The highest BCUT2D eigenvalue weighted by molar-refractivity contribution is 6.31. The first kappa shape index (κ1) is 14.8. The van der Waals surface area contributed by atoms with E-state index in [0.717, 1.165) is 29.3 Å². The van der Waals surface area contributed by atoms with Gasteiger partial charge in [0, 0.05) is 13.1 Å². The van der Waals surface area contributed by atoms with Crippen molar-refractivity contribution in [3.8, 4) is 0 Å². The van der Waals surface area contributed by atoms with Crippen LogP contribution in [0.3, 0.4) is 0 Å². The van der Waals surface area contributed by atoms with Gasteiger partial charge in [-0.05, 0) is 26.3 Å². The summed E-state index contributed by atoms with van der Waals surface area (Å²) in [5, 5.41) is 8.54. The highest BCUT2D eigenvalue weighted by Gasteiger charge is 2.25. The smallest absolute Gasteiger partial charge is 0.0904 e. The fourth-order valence-electron chi connectivity index (χ4n) is 2.79. The summed E-state index contributed by atoms with van der Waals surface area (Å²) in [7, 11) is 3.94. The van der Waals surface area contributed by atoms with Gasteiger partial charge in [0.1, 0.15) is 0 Å². The second-order valence-electron chi connectivity index (χ2n) is 5.21. The standard InChI is InChI=1S/C14H24ClN3O/c1-4-10-14(15)12(18(3)17-10)9-19-13-8-6-5-7-11(13)16-2/h11,13,16H,4-9H2,1-3H3. The van der Waals surface area contributed by atoms with Crippen LogP contribution in [0.4, 0.5) is 0 Å². The van der Waals surface area contributed by atoms with E-state index in [4.69, 9.17) is 16.3 Å². The zero-order chi connectivity index (χ0) is 13.8. The van der Waals surface area contributed by atoms with Gasteiger partial charge in [-0.3, -0.25) is 4.68 Å². The summed E-state index contributed by atoms with van der Waals surface area (Å²) in [5.74, 6) is 0. The number of nitrogens with one attached hydrogen (secondary N) is 1. The largest absolute Gasteiger partial charge is 0.370 e. The first-order chi connectivity index (χ1) is 9.17. The number of rotatable bonds is 5. The molecular formula is C14H24ClN3O. The number of aromatic nitrogens is 2. The van der Waals surface area contributed by atoms with Crippen LogP contribution in [0.2, 0.25) is 5.02 Å². The van der Waals surface area contributed by atoms with Crippen molar-refractivity contribution in [2.24, 2.45) is 7.05 Å². The molecule has 1 aromatic rings. The van der Waals surface area contributed by atoms with Crippen molar-refractivity contribution in [3.05, 3.63) is 16.4 Å². The van der Waals surface area contributed by atoms with Gasteiger partial charge in [0.2, 0.25) is 0 Å². The van der Waals surface area contributed by atoms with Crippen molar-refractivity contribution in [3.63, 3.8) is 0 Å². The van der Waals surface area contributed by atoms with E-state index < -0.39 is 0 Å². The second kappa shape index (κ2) is 6.73. The molecule has 0 bridgehead atoms. The van der Waals surface area contributed by atoms with E-state index in [1.807, 2.05) is 18.8 Å². The average Bonchev–Trinajstić information content (AvgIpc) is 2.71. The van der Waals surface area contributed by atoms with Crippen molar-refractivity contribution in [1.29, 1.82) is 0 Å². The number of halogens is 1.